The van der Waals surface area contributed by atoms with Crippen molar-refractivity contribution in [1.82, 2.24) is 0 Å². The monoisotopic (exact) mass is 220 g/mol. The minimum atomic E-state index is -0.399. The largest absolute Gasteiger partial charge is 0.493 e. The Kier molecular flexibility index (Phi) is 3.83. The molecule has 1 aromatic rings. The van der Waals surface area contributed by atoms with Crippen LogP contribution in [0.1, 0.15) is 44.3 Å². The van der Waals surface area contributed by atoms with Gasteiger partial charge in [-0.3, -0.25) is 0 Å². The van der Waals surface area contributed by atoms with Gasteiger partial charge in [0.15, 0.2) is 0 Å². The lowest BCUT2D eigenvalue weighted by Crippen LogP contribution is -2.07. The predicted octanol–water partition coefficient (Wildman–Crippen LogP) is 3.31. The van der Waals surface area contributed by atoms with Gasteiger partial charge in [0, 0.05) is 0 Å². The molecule has 2 nitrogen and oxygen atoms in total. The maximum Gasteiger partial charge on any atom is 0.119 e. The van der Waals surface area contributed by atoms with E-state index in [4.69, 9.17) is 4.74 Å². The van der Waals surface area contributed by atoms with E-state index in [1.807, 2.05) is 24.3 Å². The van der Waals surface area contributed by atoms with E-state index < -0.39 is 6.10 Å². The first-order valence-electron chi connectivity index (χ1n) is 6.16. The minimum absolute atomic E-state index is 0.399. The molecule has 2 heteroatoms. The minimum Gasteiger partial charge on any atom is -0.493 e. The molecule has 1 atom stereocenters. The van der Waals surface area contributed by atoms with Crippen molar-refractivity contribution >= 4 is 0 Å². The molecule has 88 valence electrons. The van der Waals surface area contributed by atoms with Gasteiger partial charge in [0.25, 0.3) is 0 Å². The summed E-state index contributed by atoms with van der Waals surface area (Å²) in [6, 6.07) is 7.73. The second kappa shape index (κ2) is 5.35. The van der Waals surface area contributed by atoms with Crippen molar-refractivity contribution in [2.45, 2.75) is 38.7 Å². The van der Waals surface area contributed by atoms with Crippen LogP contribution in [0.15, 0.2) is 24.3 Å². The Morgan fingerprint density at radius 2 is 1.88 bits per heavy atom. The summed E-state index contributed by atoms with van der Waals surface area (Å²) in [5.74, 6) is 1.66. The maximum atomic E-state index is 9.38. The molecule has 1 fully saturated rings. The fourth-order valence-electron chi connectivity index (χ4n) is 2.23. The lowest BCUT2D eigenvalue weighted by Gasteiger charge is -2.12. The molecule has 1 aliphatic rings. The van der Waals surface area contributed by atoms with Crippen molar-refractivity contribution < 1.29 is 9.84 Å². The number of ether oxygens (including phenoxy) is 1. The summed E-state index contributed by atoms with van der Waals surface area (Å²) in [6.45, 7) is 2.61. The molecule has 1 unspecified atom stereocenters. The molecule has 0 aliphatic heterocycles. The fraction of sp³-hybridized carbons (Fsp3) is 0.571. The Labute approximate surface area is 97.3 Å². The van der Waals surface area contributed by atoms with E-state index in [2.05, 4.69) is 0 Å². The molecule has 0 aromatic heterocycles. The third kappa shape index (κ3) is 2.99. The van der Waals surface area contributed by atoms with Crippen molar-refractivity contribution in [1.29, 1.82) is 0 Å². The van der Waals surface area contributed by atoms with Crippen molar-refractivity contribution in [2.24, 2.45) is 5.92 Å². The number of hydrogen-bond acceptors (Lipinski definition) is 2. The van der Waals surface area contributed by atoms with E-state index in [1.54, 1.807) is 6.92 Å². The average Bonchev–Trinajstić information content (AvgIpc) is 2.80. The van der Waals surface area contributed by atoms with E-state index in [9.17, 15) is 5.11 Å². The smallest absolute Gasteiger partial charge is 0.119 e. The number of benzene rings is 1. The van der Waals surface area contributed by atoms with Crippen LogP contribution in [-0.2, 0) is 0 Å². The molecular weight excluding hydrogens is 200 g/mol. The highest BCUT2D eigenvalue weighted by atomic mass is 16.5. The Morgan fingerprint density at radius 1 is 1.25 bits per heavy atom. The zero-order valence-electron chi connectivity index (χ0n) is 9.86. The van der Waals surface area contributed by atoms with Crippen LogP contribution in [-0.4, -0.2) is 11.7 Å². The molecule has 1 aromatic carbocycles. The third-order valence-electron chi connectivity index (χ3n) is 3.32. The van der Waals surface area contributed by atoms with Gasteiger partial charge < -0.3 is 9.84 Å². The van der Waals surface area contributed by atoms with Crippen LogP contribution in [0.2, 0.25) is 0 Å². The molecule has 16 heavy (non-hydrogen) atoms. The van der Waals surface area contributed by atoms with Gasteiger partial charge in [0.2, 0.25) is 0 Å². The molecule has 2 rings (SSSR count). The van der Waals surface area contributed by atoms with E-state index in [1.165, 1.54) is 25.7 Å². The number of aliphatic hydroxyl groups is 1. The first kappa shape index (κ1) is 11.5. The normalized spacial score (nSPS) is 18.6. The summed E-state index contributed by atoms with van der Waals surface area (Å²) in [4.78, 5) is 0. The highest BCUT2D eigenvalue weighted by molar-refractivity contribution is 5.28. The van der Waals surface area contributed by atoms with Crippen LogP contribution in [0.4, 0.5) is 0 Å². The van der Waals surface area contributed by atoms with Gasteiger partial charge in [-0.25, -0.2) is 0 Å². The topological polar surface area (TPSA) is 29.5 Å². The number of aliphatic hydroxyl groups excluding tert-OH is 1. The van der Waals surface area contributed by atoms with Crippen LogP contribution in [0, 0.1) is 5.92 Å². The Bertz CT molecular complexity index is 310. The van der Waals surface area contributed by atoms with Crippen LogP contribution >= 0.6 is 0 Å². The van der Waals surface area contributed by atoms with Gasteiger partial charge in [0.05, 0.1) is 12.7 Å². The summed E-state index contributed by atoms with van der Waals surface area (Å²) >= 11 is 0. The highest BCUT2D eigenvalue weighted by Crippen LogP contribution is 2.26. The lowest BCUT2D eigenvalue weighted by molar-refractivity contribution is 0.199. The fourth-order valence-corrected chi connectivity index (χ4v) is 2.23. The van der Waals surface area contributed by atoms with E-state index in [-0.39, 0.29) is 0 Å². The molecule has 1 saturated carbocycles. The molecule has 0 spiro atoms. The van der Waals surface area contributed by atoms with Crippen LogP contribution < -0.4 is 4.74 Å². The summed E-state index contributed by atoms with van der Waals surface area (Å²) in [5, 5.41) is 9.38. The molecule has 1 aliphatic carbocycles. The van der Waals surface area contributed by atoms with E-state index in [0.29, 0.717) is 0 Å². The maximum absolute atomic E-state index is 9.38. The number of rotatable bonds is 4. The van der Waals surface area contributed by atoms with Crippen LogP contribution in [0.5, 0.6) is 5.75 Å². The zero-order valence-corrected chi connectivity index (χ0v) is 9.86. The molecule has 0 radical (unpaired) electrons. The van der Waals surface area contributed by atoms with Gasteiger partial charge >= 0.3 is 0 Å². The Morgan fingerprint density at radius 3 is 2.44 bits per heavy atom. The van der Waals surface area contributed by atoms with Gasteiger partial charge in [-0.2, -0.15) is 0 Å². The van der Waals surface area contributed by atoms with Crippen molar-refractivity contribution in [3.05, 3.63) is 29.8 Å². The van der Waals surface area contributed by atoms with Gasteiger partial charge in [-0.05, 0) is 43.4 Å². The second-order valence-corrected chi connectivity index (χ2v) is 4.71. The zero-order chi connectivity index (χ0) is 11.4. The molecule has 0 saturated heterocycles. The predicted molar refractivity (Wildman–Crippen MR) is 64.5 cm³/mol. The quantitative estimate of drug-likeness (QED) is 0.843. The van der Waals surface area contributed by atoms with Crippen LogP contribution in [0.3, 0.4) is 0 Å². The summed E-state index contributed by atoms with van der Waals surface area (Å²) < 4.78 is 5.74. The average molecular weight is 220 g/mol. The van der Waals surface area contributed by atoms with Gasteiger partial charge in [-0.15, -0.1) is 0 Å². The molecule has 0 heterocycles. The lowest BCUT2D eigenvalue weighted by atomic mass is 10.1. The van der Waals surface area contributed by atoms with Crippen molar-refractivity contribution in [3.63, 3.8) is 0 Å². The van der Waals surface area contributed by atoms with E-state index >= 15 is 0 Å². The SMILES string of the molecule is CC(O)c1ccc(OCC2CCCC2)cc1. The van der Waals surface area contributed by atoms with Gasteiger partial charge in [0.1, 0.15) is 5.75 Å². The summed E-state index contributed by atoms with van der Waals surface area (Å²) in [5.41, 5.74) is 0.938. The summed E-state index contributed by atoms with van der Waals surface area (Å²) in [7, 11) is 0. The third-order valence-corrected chi connectivity index (χ3v) is 3.32. The molecule has 0 bridgehead atoms. The van der Waals surface area contributed by atoms with Crippen molar-refractivity contribution in [3.8, 4) is 5.75 Å². The van der Waals surface area contributed by atoms with Gasteiger partial charge in [-0.1, -0.05) is 25.0 Å². The standard InChI is InChI=1S/C14H20O2/c1-11(15)13-6-8-14(9-7-13)16-10-12-4-2-3-5-12/h6-9,11-12,15H,2-5,10H2,1H3. The highest BCUT2D eigenvalue weighted by Gasteiger charge is 2.15. The van der Waals surface area contributed by atoms with Crippen LogP contribution in [0.25, 0.3) is 0 Å². The Hall–Kier alpha value is -1.02. The molecule has 0 amide bonds. The molecule has 1 N–H and O–H groups in total. The van der Waals surface area contributed by atoms with Crippen molar-refractivity contribution in [2.75, 3.05) is 6.61 Å². The van der Waals surface area contributed by atoms with E-state index in [0.717, 1.165) is 23.8 Å². The summed E-state index contributed by atoms with van der Waals surface area (Å²) in [6.07, 6.45) is 4.94. The number of hydrogen-bond donors (Lipinski definition) is 1. The first-order valence-corrected chi connectivity index (χ1v) is 6.16. The Balaban J connectivity index is 1.84. The first-order chi connectivity index (χ1) is 7.75. The second-order valence-electron chi connectivity index (χ2n) is 4.71. The molecular formula is C14H20O2.